The van der Waals surface area contributed by atoms with E-state index in [0.29, 0.717) is 6.42 Å². The van der Waals surface area contributed by atoms with Gasteiger partial charge in [0.2, 0.25) is 11.8 Å². The van der Waals surface area contributed by atoms with Crippen LogP contribution in [0.5, 0.6) is 0 Å². The van der Waals surface area contributed by atoms with E-state index >= 15 is 4.39 Å². The maximum absolute atomic E-state index is 15.1. The molecule has 9 heteroatoms. The molecule has 1 aliphatic rings. The van der Waals surface area contributed by atoms with Crippen molar-refractivity contribution in [3.8, 4) is 0 Å². The number of hydrogen-bond donors (Lipinski definition) is 1. The molecular formula is C33H40FN3O4S. The lowest BCUT2D eigenvalue weighted by Crippen LogP contribution is -2.54. The summed E-state index contributed by atoms with van der Waals surface area (Å²) in [6, 6.07) is 18.5. The van der Waals surface area contributed by atoms with Crippen molar-refractivity contribution >= 4 is 27.5 Å². The Kier molecular flexibility index (Phi) is 10.4. The fourth-order valence-corrected chi connectivity index (χ4v) is 6.78. The standard InChI is InChI=1S/C33H40FN3O4S/c1-4-30(33(39)35-27-10-6-5-7-11-27)36(22-26-18-14-24(2)15-19-26)32(38)23-37(31-13-9-8-12-29(31)34)42(40,41)28-20-16-25(3)17-21-28/h8-9,12-21,27,30H,4-7,10-11,22-23H2,1-3H3,(H,35,39). The van der Waals surface area contributed by atoms with Crippen molar-refractivity contribution < 1.29 is 22.4 Å². The molecule has 224 valence electrons. The number of amides is 2. The van der Waals surface area contributed by atoms with Gasteiger partial charge in [0.25, 0.3) is 10.0 Å². The quantitative estimate of drug-likeness (QED) is 0.300. The number of nitrogens with one attached hydrogen (secondary N) is 1. The maximum atomic E-state index is 15.1. The van der Waals surface area contributed by atoms with Gasteiger partial charge in [-0.3, -0.25) is 13.9 Å². The van der Waals surface area contributed by atoms with Crippen LogP contribution in [-0.4, -0.2) is 43.8 Å². The van der Waals surface area contributed by atoms with Gasteiger partial charge in [0.15, 0.2) is 0 Å². The Balaban J connectivity index is 1.71. The van der Waals surface area contributed by atoms with Crippen LogP contribution in [0.1, 0.15) is 62.1 Å². The van der Waals surface area contributed by atoms with Crippen molar-refractivity contribution in [2.45, 2.75) is 82.8 Å². The molecule has 0 heterocycles. The molecule has 1 unspecified atom stereocenters. The third kappa shape index (κ3) is 7.56. The van der Waals surface area contributed by atoms with Gasteiger partial charge >= 0.3 is 0 Å². The van der Waals surface area contributed by atoms with Gasteiger partial charge in [-0.15, -0.1) is 0 Å². The summed E-state index contributed by atoms with van der Waals surface area (Å²) in [6.45, 7) is 5.06. The summed E-state index contributed by atoms with van der Waals surface area (Å²) >= 11 is 0. The summed E-state index contributed by atoms with van der Waals surface area (Å²) in [4.78, 5) is 29.1. The van der Waals surface area contributed by atoms with Crippen molar-refractivity contribution in [2.75, 3.05) is 10.8 Å². The Bertz CT molecular complexity index is 1470. The van der Waals surface area contributed by atoms with Crippen molar-refractivity contribution in [1.29, 1.82) is 0 Å². The molecule has 0 spiro atoms. The zero-order chi connectivity index (χ0) is 30.3. The summed E-state index contributed by atoms with van der Waals surface area (Å²) in [5.74, 6) is -1.63. The van der Waals surface area contributed by atoms with Gasteiger partial charge in [0.05, 0.1) is 10.6 Å². The number of aryl methyl sites for hydroxylation is 2. The zero-order valence-electron chi connectivity index (χ0n) is 24.6. The molecule has 1 saturated carbocycles. The van der Waals surface area contributed by atoms with Gasteiger partial charge < -0.3 is 10.2 Å². The van der Waals surface area contributed by atoms with E-state index in [0.717, 1.165) is 59.2 Å². The summed E-state index contributed by atoms with van der Waals surface area (Å²) in [6.07, 6.45) is 5.35. The number of sulfonamides is 1. The van der Waals surface area contributed by atoms with Crippen LogP contribution in [0, 0.1) is 19.7 Å². The third-order valence-corrected chi connectivity index (χ3v) is 9.59. The molecule has 1 atom stereocenters. The molecule has 2 amide bonds. The number of anilines is 1. The highest BCUT2D eigenvalue weighted by Crippen LogP contribution is 2.27. The number of para-hydroxylation sites is 1. The predicted molar refractivity (Wildman–Crippen MR) is 163 cm³/mol. The molecule has 0 aromatic heterocycles. The highest BCUT2D eigenvalue weighted by Gasteiger charge is 2.35. The first-order chi connectivity index (χ1) is 20.1. The first-order valence-electron chi connectivity index (χ1n) is 14.6. The topological polar surface area (TPSA) is 86.8 Å². The van der Waals surface area contributed by atoms with Crippen molar-refractivity contribution in [3.05, 3.63) is 95.3 Å². The molecule has 3 aromatic rings. The number of hydrogen-bond acceptors (Lipinski definition) is 4. The molecule has 1 N–H and O–H groups in total. The minimum atomic E-state index is -4.33. The normalized spacial score (nSPS) is 14.7. The molecule has 0 saturated heterocycles. The van der Waals surface area contributed by atoms with E-state index in [4.69, 9.17) is 0 Å². The second-order valence-electron chi connectivity index (χ2n) is 11.1. The number of nitrogens with zero attached hydrogens (tertiary/aromatic N) is 2. The molecule has 7 nitrogen and oxygen atoms in total. The lowest BCUT2D eigenvalue weighted by atomic mass is 9.95. The second kappa shape index (κ2) is 14.0. The van der Waals surface area contributed by atoms with Crippen LogP contribution in [0.2, 0.25) is 0 Å². The van der Waals surface area contributed by atoms with Crippen LogP contribution < -0.4 is 9.62 Å². The molecule has 4 rings (SSSR count). The van der Waals surface area contributed by atoms with Gasteiger partial charge in [-0.25, -0.2) is 12.8 Å². The Labute approximate surface area is 248 Å². The maximum Gasteiger partial charge on any atom is 0.264 e. The van der Waals surface area contributed by atoms with Crippen LogP contribution in [0.3, 0.4) is 0 Å². The number of rotatable bonds is 11. The first-order valence-corrected chi connectivity index (χ1v) is 16.0. The van der Waals surface area contributed by atoms with Gasteiger partial charge in [-0.1, -0.05) is 85.8 Å². The highest BCUT2D eigenvalue weighted by molar-refractivity contribution is 7.92. The van der Waals surface area contributed by atoms with Gasteiger partial charge in [-0.05, 0) is 62.9 Å². The molecule has 0 bridgehead atoms. The zero-order valence-corrected chi connectivity index (χ0v) is 25.4. The molecule has 1 fully saturated rings. The molecule has 42 heavy (non-hydrogen) atoms. The minimum absolute atomic E-state index is 0.0495. The fourth-order valence-electron chi connectivity index (χ4n) is 5.36. The Hall–Kier alpha value is -3.72. The van der Waals surface area contributed by atoms with Crippen molar-refractivity contribution in [2.24, 2.45) is 0 Å². The van der Waals surface area contributed by atoms with Gasteiger partial charge in [0.1, 0.15) is 18.4 Å². The molecule has 0 aliphatic heterocycles. The number of halogens is 1. The molecular weight excluding hydrogens is 553 g/mol. The Morgan fingerprint density at radius 2 is 1.50 bits per heavy atom. The van der Waals surface area contributed by atoms with Crippen LogP contribution in [-0.2, 0) is 26.2 Å². The number of carbonyl (C=O) groups excluding carboxylic acids is 2. The predicted octanol–water partition coefficient (Wildman–Crippen LogP) is 5.89. The summed E-state index contributed by atoms with van der Waals surface area (Å²) in [7, 11) is -4.33. The minimum Gasteiger partial charge on any atom is -0.352 e. The van der Waals surface area contributed by atoms with Crippen molar-refractivity contribution in [1.82, 2.24) is 10.2 Å². The van der Waals surface area contributed by atoms with Crippen LogP contribution in [0.4, 0.5) is 10.1 Å². The summed E-state index contributed by atoms with van der Waals surface area (Å²) in [5.41, 5.74) is 2.48. The van der Waals surface area contributed by atoms with Crippen LogP contribution in [0.25, 0.3) is 0 Å². The lowest BCUT2D eigenvalue weighted by molar-refractivity contribution is -0.140. The number of carbonyl (C=O) groups is 2. The number of benzene rings is 3. The van der Waals surface area contributed by atoms with Crippen LogP contribution >= 0.6 is 0 Å². The van der Waals surface area contributed by atoms with Gasteiger partial charge in [-0.2, -0.15) is 0 Å². The van der Waals surface area contributed by atoms with E-state index in [2.05, 4.69) is 5.32 Å². The Morgan fingerprint density at radius 3 is 2.10 bits per heavy atom. The van der Waals surface area contributed by atoms with Gasteiger partial charge in [0, 0.05) is 12.6 Å². The average Bonchev–Trinajstić information content (AvgIpc) is 2.98. The summed E-state index contributed by atoms with van der Waals surface area (Å²) < 4.78 is 43.7. The lowest BCUT2D eigenvalue weighted by Gasteiger charge is -2.34. The molecule has 1 aliphatic carbocycles. The fraction of sp³-hybridized carbons (Fsp3) is 0.394. The first kappa shape index (κ1) is 31.2. The van der Waals surface area contributed by atoms with E-state index in [1.54, 1.807) is 12.1 Å². The third-order valence-electron chi connectivity index (χ3n) is 7.82. The van der Waals surface area contributed by atoms with E-state index in [1.165, 1.54) is 35.2 Å². The SMILES string of the molecule is CCC(C(=O)NC1CCCCC1)N(Cc1ccc(C)cc1)C(=O)CN(c1ccccc1F)S(=O)(=O)c1ccc(C)cc1. The molecule has 0 radical (unpaired) electrons. The second-order valence-corrected chi connectivity index (χ2v) is 12.9. The largest absolute Gasteiger partial charge is 0.352 e. The average molecular weight is 594 g/mol. The van der Waals surface area contributed by atoms with E-state index < -0.39 is 34.3 Å². The highest BCUT2D eigenvalue weighted by atomic mass is 32.2. The monoisotopic (exact) mass is 593 g/mol. The van der Waals surface area contributed by atoms with E-state index in [1.807, 2.05) is 45.0 Å². The smallest absolute Gasteiger partial charge is 0.264 e. The van der Waals surface area contributed by atoms with Crippen LogP contribution in [0.15, 0.2) is 77.7 Å². The van der Waals surface area contributed by atoms with E-state index in [-0.39, 0.29) is 29.1 Å². The molecule has 3 aromatic carbocycles. The summed E-state index contributed by atoms with van der Waals surface area (Å²) in [5, 5.41) is 3.13. The Morgan fingerprint density at radius 1 is 0.905 bits per heavy atom. The van der Waals surface area contributed by atoms with E-state index in [9.17, 15) is 18.0 Å². The van der Waals surface area contributed by atoms with Crippen molar-refractivity contribution in [3.63, 3.8) is 0 Å².